The Kier molecular flexibility index (Phi) is 3.29. The minimum atomic E-state index is 0.217. The number of amides is 1. The predicted octanol–water partition coefficient (Wildman–Crippen LogP) is 1.43. The van der Waals surface area contributed by atoms with Gasteiger partial charge in [0.15, 0.2) is 0 Å². The Morgan fingerprint density at radius 3 is 2.80 bits per heavy atom. The molecule has 3 nitrogen and oxygen atoms in total. The van der Waals surface area contributed by atoms with Crippen LogP contribution < -0.4 is 10.6 Å². The molecule has 0 radical (unpaired) electrons. The fraction of sp³-hybridized carbons (Fsp3) is 0.917. The molecule has 0 aromatic rings. The van der Waals surface area contributed by atoms with Crippen LogP contribution >= 0.6 is 0 Å². The molecule has 0 spiro atoms. The van der Waals surface area contributed by atoms with Crippen molar-refractivity contribution >= 4 is 5.91 Å². The van der Waals surface area contributed by atoms with Crippen LogP contribution in [-0.4, -0.2) is 25.0 Å². The SMILES string of the molecule is CC1(CNCC2CCC(=O)N2)CCCC1. The van der Waals surface area contributed by atoms with Gasteiger partial charge < -0.3 is 10.6 Å². The zero-order valence-electron chi connectivity index (χ0n) is 9.64. The van der Waals surface area contributed by atoms with E-state index in [9.17, 15) is 4.79 Å². The van der Waals surface area contributed by atoms with Gasteiger partial charge in [-0.1, -0.05) is 19.8 Å². The molecular formula is C12H22N2O. The zero-order valence-corrected chi connectivity index (χ0v) is 9.64. The molecule has 1 atom stereocenters. The van der Waals surface area contributed by atoms with E-state index in [0.29, 0.717) is 17.9 Å². The van der Waals surface area contributed by atoms with Crippen molar-refractivity contribution < 1.29 is 4.79 Å². The maximum atomic E-state index is 11.0. The molecule has 0 aromatic heterocycles. The zero-order chi connectivity index (χ0) is 10.7. The van der Waals surface area contributed by atoms with Gasteiger partial charge in [0.05, 0.1) is 0 Å². The third-order valence-corrected chi connectivity index (χ3v) is 3.84. The fourth-order valence-corrected chi connectivity index (χ4v) is 2.78. The topological polar surface area (TPSA) is 41.1 Å². The molecule has 1 amide bonds. The van der Waals surface area contributed by atoms with E-state index in [1.54, 1.807) is 0 Å². The average molecular weight is 210 g/mol. The van der Waals surface area contributed by atoms with E-state index in [0.717, 1.165) is 19.5 Å². The van der Waals surface area contributed by atoms with Crippen molar-refractivity contribution in [3.8, 4) is 0 Å². The van der Waals surface area contributed by atoms with E-state index in [2.05, 4.69) is 17.6 Å². The summed E-state index contributed by atoms with van der Waals surface area (Å²) in [7, 11) is 0. The van der Waals surface area contributed by atoms with Crippen molar-refractivity contribution in [3.63, 3.8) is 0 Å². The van der Waals surface area contributed by atoms with E-state index >= 15 is 0 Å². The number of nitrogens with one attached hydrogen (secondary N) is 2. The molecule has 3 heteroatoms. The van der Waals surface area contributed by atoms with Crippen molar-refractivity contribution in [2.45, 2.75) is 51.5 Å². The molecule has 1 saturated carbocycles. The molecule has 1 aliphatic carbocycles. The summed E-state index contributed by atoms with van der Waals surface area (Å²) in [6, 6.07) is 0.377. The lowest BCUT2D eigenvalue weighted by atomic mass is 9.89. The first-order valence-corrected chi connectivity index (χ1v) is 6.18. The summed E-state index contributed by atoms with van der Waals surface area (Å²) in [4.78, 5) is 11.0. The number of carbonyl (C=O) groups is 1. The minimum Gasteiger partial charge on any atom is -0.352 e. The Morgan fingerprint density at radius 2 is 2.20 bits per heavy atom. The molecule has 1 unspecified atom stereocenters. The molecule has 2 N–H and O–H groups in total. The monoisotopic (exact) mass is 210 g/mol. The summed E-state index contributed by atoms with van der Waals surface area (Å²) >= 11 is 0. The van der Waals surface area contributed by atoms with E-state index in [-0.39, 0.29) is 5.91 Å². The Balaban J connectivity index is 1.64. The maximum Gasteiger partial charge on any atom is 0.220 e. The summed E-state index contributed by atoms with van der Waals surface area (Å²) in [6.45, 7) is 4.43. The Hall–Kier alpha value is -0.570. The third-order valence-electron chi connectivity index (χ3n) is 3.84. The molecule has 1 aliphatic heterocycles. The summed E-state index contributed by atoms with van der Waals surface area (Å²) in [5.41, 5.74) is 0.516. The smallest absolute Gasteiger partial charge is 0.220 e. The van der Waals surface area contributed by atoms with Crippen LogP contribution in [-0.2, 0) is 4.79 Å². The van der Waals surface area contributed by atoms with Crippen LogP contribution in [0.1, 0.15) is 45.4 Å². The highest BCUT2D eigenvalue weighted by molar-refractivity contribution is 5.78. The van der Waals surface area contributed by atoms with E-state index in [1.165, 1.54) is 25.7 Å². The average Bonchev–Trinajstić information content (AvgIpc) is 2.76. The molecule has 2 aliphatic rings. The lowest BCUT2D eigenvalue weighted by molar-refractivity contribution is -0.119. The summed E-state index contributed by atoms with van der Waals surface area (Å²) < 4.78 is 0. The van der Waals surface area contributed by atoms with E-state index in [4.69, 9.17) is 0 Å². The second-order valence-corrected chi connectivity index (χ2v) is 5.45. The lowest BCUT2D eigenvalue weighted by Gasteiger charge is -2.24. The second-order valence-electron chi connectivity index (χ2n) is 5.45. The van der Waals surface area contributed by atoms with Gasteiger partial charge in [-0.05, 0) is 24.7 Å². The fourth-order valence-electron chi connectivity index (χ4n) is 2.78. The van der Waals surface area contributed by atoms with Gasteiger partial charge in [-0.2, -0.15) is 0 Å². The maximum absolute atomic E-state index is 11.0. The summed E-state index contributed by atoms with van der Waals surface area (Å²) in [5.74, 6) is 0.217. The summed E-state index contributed by atoms with van der Waals surface area (Å²) in [5, 5.41) is 6.51. The first-order valence-electron chi connectivity index (χ1n) is 6.18. The molecule has 1 heterocycles. The number of hydrogen-bond acceptors (Lipinski definition) is 2. The van der Waals surface area contributed by atoms with Crippen LogP contribution in [0.25, 0.3) is 0 Å². The van der Waals surface area contributed by atoms with Crippen LogP contribution in [0.2, 0.25) is 0 Å². The largest absolute Gasteiger partial charge is 0.352 e. The minimum absolute atomic E-state index is 0.217. The Bertz CT molecular complexity index is 234. The van der Waals surface area contributed by atoms with Crippen LogP contribution in [0.4, 0.5) is 0 Å². The highest BCUT2D eigenvalue weighted by Gasteiger charge is 2.28. The van der Waals surface area contributed by atoms with E-state index in [1.807, 2.05) is 0 Å². The Morgan fingerprint density at radius 1 is 1.47 bits per heavy atom. The predicted molar refractivity (Wildman–Crippen MR) is 60.6 cm³/mol. The lowest BCUT2D eigenvalue weighted by Crippen LogP contribution is -2.39. The van der Waals surface area contributed by atoms with Gasteiger partial charge in [-0.3, -0.25) is 4.79 Å². The van der Waals surface area contributed by atoms with Crippen molar-refractivity contribution in [1.29, 1.82) is 0 Å². The van der Waals surface area contributed by atoms with Gasteiger partial charge in [0.1, 0.15) is 0 Å². The van der Waals surface area contributed by atoms with Gasteiger partial charge >= 0.3 is 0 Å². The normalized spacial score (nSPS) is 29.4. The first-order chi connectivity index (χ1) is 7.18. The third kappa shape index (κ3) is 2.94. The molecule has 0 bridgehead atoms. The number of rotatable bonds is 4. The molecule has 86 valence electrons. The van der Waals surface area contributed by atoms with Crippen LogP contribution in [0.3, 0.4) is 0 Å². The Labute approximate surface area is 92.0 Å². The van der Waals surface area contributed by atoms with Crippen molar-refractivity contribution in [2.75, 3.05) is 13.1 Å². The van der Waals surface area contributed by atoms with Crippen molar-refractivity contribution in [3.05, 3.63) is 0 Å². The summed E-state index contributed by atoms with van der Waals surface area (Å²) in [6.07, 6.45) is 7.21. The molecule has 15 heavy (non-hydrogen) atoms. The molecule has 2 rings (SSSR count). The molecule has 1 saturated heterocycles. The number of carbonyl (C=O) groups excluding carboxylic acids is 1. The van der Waals surface area contributed by atoms with Gasteiger partial charge in [-0.15, -0.1) is 0 Å². The molecular weight excluding hydrogens is 188 g/mol. The molecule has 0 aromatic carbocycles. The standard InChI is InChI=1S/C12H22N2O/c1-12(6-2-3-7-12)9-13-8-10-4-5-11(15)14-10/h10,13H,2-9H2,1H3,(H,14,15). The van der Waals surface area contributed by atoms with Crippen LogP contribution in [0.15, 0.2) is 0 Å². The van der Waals surface area contributed by atoms with E-state index < -0.39 is 0 Å². The second kappa shape index (κ2) is 4.52. The highest BCUT2D eigenvalue weighted by Crippen LogP contribution is 2.36. The van der Waals surface area contributed by atoms with Crippen molar-refractivity contribution in [1.82, 2.24) is 10.6 Å². The van der Waals surface area contributed by atoms with Crippen molar-refractivity contribution in [2.24, 2.45) is 5.41 Å². The van der Waals surface area contributed by atoms with Gasteiger partial charge in [0.25, 0.3) is 0 Å². The van der Waals surface area contributed by atoms with Crippen LogP contribution in [0, 0.1) is 5.41 Å². The van der Waals surface area contributed by atoms with Crippen LogP contribution in [0.5, 0.6) is 0 Å². The van der Waals surface area contributed by atoms with Gasteiger partial charge in [0, 0.05) is 25.6 Å². The van der Waals surface area contributed by atoms with Gasteiger partial charge in [0.2, 0.25) is 5.91 Å². The quantitative estimate of drug-likeness (QED) is 0.737. The van der Waals surface area contributed by atoms with Gasteiger partial charge in [-0.25, -0.2) is 0 Å². The number of hydrogen-bond donors (Lipinski definition) is 2. The first kappa shape index (κ1) is 10.9. The molecule has 2 fully saturated rings. The highest BCUT2D eigenvalue weighted by atomic mass is 16.1.